The van der Waals surface area contributed by atoms with Gasteiger partial charge in [0.25, 0.3) is 0 Å². The first-order chi connectivity index (χ1) is 11.4. The topological polar surface area (TPSA) is 84.2 Å². The van der Waals surface area contributed by atoms with Crippen LogP contribution >= 0.6 is 15.2 Å². The highest BCUT2D eigenvalue weighted by molar-refractivity contribution is 7.72. The molecule has 7 nitrogen and oxygen atoms in total. The highest BCUT2D eigenvalue weighted by Crippen LogP contribution is 2.77. The zero-order valence-corrected chi connectivity index (χ0v) is 15.7. The monoisotopic (exact) mass is 374 g/mol. The van der Waals surface area contributed by atoms with E-state index in [0.717, 1.165) is 5.56 Å². The largest absolute Gasteiger partial charge is 0.459 e. The molecule has 2 aromatic rings. The van der Waals surface area contributed by atoms with Crippen molar-refractivity contribution < 1.29 is 31.6 Å². The van der Waals surface area contributed by atoms with Crippen LogP contribution in [0.1, 0.15) is 11.2 Å². The van der Waals surface area contributed by atoms with Gasteiger partial charge in [0.15, 0.2) is 0 Å². The molecule has 0 unspecified atom stereocenters. The van der Waals surface area contributed by atoms with Crippen molar-refractivity contribution in [2.45, 2.75) is 5.40 Å². The lowest BCUT2D eigenvalue weighted by atomic mass is 10.2. The van der Waals surface area contributed by atoms with Crippen LogP contribution in [0.15, 0.2) is 46.9 Å². The lowest BCUT2D eigenvalue weighted by Crippen LogP contribution is -2.07. The lowest BCUT2D eigenvalue weighted by Gasteiger charge is -2.27. The molecule has 0 radical (unpaired) electrons. The van der Waals surface area contributed by atoms with Gasteiger partial charge in [0, 0.05) is 34.0 Å². The summed E-state index contributed by atoms with van der Waals surface area (Å²) in [7, 11) is -2.90. The van der Waals surface area contributed by atoms with E-state index in [0.29, 0.717) is 5.76 Å². The Bertz CT molecular complexity index is 714. The van der Waals surface area contributed by atoms with Gasteiger partial charge in [-0.25, -0.2) is 0 Å². The maximum atomic E-state index is 12.9. The van der Waals surface area contributed by atoms with Gasteiger partial charge in [-0.2, -0.15) is 0 Å². The second kappa shape index (κ2) is 7.79. The molecule has 0 N–H and O–H groups in total. The molecule has 132 valence electrons. The third-order valence-corrected chi connectivity index (χ3v) is 9.00. The molecule has 1 heterocycles. The Balaban J connectivity index is 2.55. The van der Waals surface area contributed by atoms with E-state index in [4.69, 9.17) is 22.5 Å². The maximum absolute atomic E-state index is 12.9. The molecule has 0 aliphatic carbocycles. The van der Waals surface area contributed by atoms with Crippen molar-refractivity contribution in [2.75, 3.05) is 28.4 Å². The zero-order valence-electron chi connectivity index (χ0n) is 13.9. The fraction of sp³-hybridized carbons (Fsp3) is 0.333. The van der Waals surface area contributed by atoms with Crippen molar-refractivity contribution in [1.29, 1.82) is 0 Å². The van der Waals surface area contributed by atoms with E-state index in [-0.39, 0.29) is 5.76 Å². The molecule has 0 amide bonds. The molecule has 0 fully saturated rings. The summed E-state index contributed by atoms with van der Waals surface area (Å²) in [6.07, 6.45) is 0. The average molecular weight is 374 g/mol. The van der Waals surface area contributed by atoms with Crippen LogP contribution in [0.3, 0.4) is 0 Å². The third-order valence-electron chi connectivity index (χ3n) is 3.56. The highest BCUT2D eigenvalue weighted by Gasteiger charge is 2.52. The molecule has 0 bridgehead atoms. The van der Waals surface area contributed by atoms with Gasteiger partial charge in [0.2, 0.25) is 5.40 Å². The van der Waals surface area contributed by atoms with Gasteiger partial charge >= 0.3 is 15.2 Å². The van der Waals surface area contributed by atoms with Crippen molar-refractivity contribution in [2.24, 2.45) is 0 Å². The van der Waals surface area contributed by atoms with Crippen molar-refractivity contribution in [3.63, 3.8) is 0 Å². The molecule has 1 aromatic carbocycles. The summed E-state index contributed by atoms with van der Waals surface area (Å²) >= 11 is 0. The first-order valence-corrected chi connectivity index (χ1v) is 10.2. The van der Waals surface area contributed by atoms with Gasteiger partial charge in [-0.3, -0.25) is 9.13 Å². The fourth-order valence-corrected chi connectivity index (χ4v) is 6.80. The predicted octanol–water partition coefficient (Wildman–Crippen LogP) is 4.92. The van der Waals surface area contributed by atoms with Gasteiger partial charge in [0.05, 0.1) is 0 Å². The number of furan rings is 1. The van der Waals surface area contributed by atoms with Crippen molar-refractivity contribution in [1.82, 2.24) is 0 Å². The normalized spacial score (nSPS) is 12.7. The summed E-state index contributed by atoms with van der Waals surface area (Å²) in [5.74, 6) is 0.654. The molecule has 24 heavy (non-hydrogen) atoms. The second-order valence-corrected chi connectivity index (χ2v) is 9.81. The standard InChI is InChI=1S/C15H20O7P2/c1-18-23(16,19-2)15(24(17,20-3)21-4)14-11-10-13(22-14)12-8-6-5-7-9-12/h5-11,15H,1-4H3. The SMILES string of the molecule is COP(=O)(OC)C(c1ccc(-c2ccccc2)o1)P(=O)(OC)OC. The van der Waals surface area contributed by atoms with Gasteiger partial charge in [0.1, 0.15) is 11.5 Å². The summed E-state index contributed by atoms with van der Waals surface area (Å²) in [4.78, 5) is 0. The Labute approximate surface area is 140 Å². The number of hydrogen-bond donors (Lipinski definition) is 0. The lowest BCUT2D eigenvalue weighted by molar-refractivity contribution is 0.243. The molecule has 0 spiro atoms. The number of benzene rings is 1. The van der Waals surface area contributed by atoms with Crippen LogP contribution in [-0.4, -0.2) is 28.4 Å². The first kappa shape index (κ1) is 19.1. The van der Waals surface area contributed by atoms with Gasteiger partial charge in [-0.05, 0) is 12.1 Å². The van der Waals surface area contributed by atoms with Gasteiger partial charge < -0.3 is 22.5 Å². The second-order valence-electron chi connectivity index (χ2n) is 4.75. The first-order valence-electron chi connectivity index (χ1n) is 7.01. The van der Waals surface area contributed by atoms with E-state index >= 15 is 0 Å². The van der Waals surface area contributed by atoms with E-state index < -0.39 is 20.6 Å². The van der Waals surface area contributed by atoms with Crippen LogP contribution in [-0.2, 0) is 27.2 Å². The van der Waals surface area contributed by atoms with Crippen molar-refractivity contribution >= 4 is 15.2 Å². The summed E-state index contributed by atoms with van der Waals surface area (Å²) < 4.78 is 51.7. The number of rotatable bonds is 8. The quantitative estimate of drug-likeness (QED) is 0.607. The van der Waals surface area contributed by atoms with E-state index in [9.17, 15) is 9.13 Å². The van der Waals surface area contributed by atoms with Crippen LogP contribution in [0, 0.1) is 0 Å². The third kappa shape index (κ3) is 3.57. The van der Waals surface area contributed by atoms with Crippen molar-refractivity contribution in [3.05, 3.63) is 48.2 Å². The van der Waals surface area contributed by atoms with E-state index in [1.807, 2.05) is 30.3 Å². The summed E-state index contributed by atoms with van der Waals surface area (Å²) in [5, 5.41) is -1.34. The molecule has 0 saturated carbocycles. The van der Waals surface area contributed by atoms with Crippen LogP contribution in [0.4, 0.5) is 0 Å². The molecular formula is C15H20O7P2. The molecule has 0 aliphatic heterocycles. The minimum atomic E-state index is -3.85. The molecular weight excluding hydrogens is 354 g/mol. The van der Waals surface area contributed by atoms with Gasteiger partial charge in [-0.1, -0.05) is 30.3 Å². The Morgan fingerprint density at radius 2 is 1.29 bits per heavy atom. The molecule has 9 heteroatoms. The predicted molar refractivity (Wildman–Crippen MR) is 90.1 cm³/mol. The Morgan fingerprint density at radius 3 is 1.75 bits per heavy atom. The molecule has 0 aliphatic rings. The molecule has 0 atom stereocenters. The summed E-state index contributed by atoms with van der Waals surface area (Å²) in [6, 6.07) is 12.6. The minimum Gasteiger partial charge on any atom is -0.459 e. The molecule has 1 aromatic heterocycles. The minimum absolute atomic E-state index is 0.132. The van der Waals surface area contributed by atoms with E-state index in [1.165, 1.54) is 28.4 Å². The van der Waals surface area contributed by atoms with E-state index in [2.05, 4.69) is 0 Å². The van der Waals surface area contributed by atoms with E-state index in [1.54, 1.807) is 12.1 Å². The smallest absolute Gasteiger partial charge is 0.353 e. The highest BCUT2D eigenvalue weighted by atomic mass is 31.2. The summed E-state index contributed by atoms with van der Waals surface area (Å²) in [5.41, 5.74) is 0.817. The fourth-order valence-electron chi connectivity index (χ4n) is 2.28. The van der Waals surface area contributed by atoms with Gasteiger partial charge in [-0.15, -0.1) is 0 Å². The Hall–Kier alpha value is -1.20. The number of hydrogen-bond acceptors (Lipinski definition) is 7. The molecule has 2 rings (SSSR count). The Kier molecular flexibility index (Phi) is 6.21. The molecule has 0 saturated heterocycles. The van der Waals surface area contributed by atoms with Crippen LogP contribution in [0.2, 0.25) is 0 Å². The van der Waals surface area contributed by atoms with Crippen LogP contribution in [0.25, 0.3) is 11.3 Å². The average Bonchev–Trinajstić information content (AvgIpc) is 3.11. The maximum Gasteiger partial charge on any atom is 0.353 e. The Morgan fingerprint density at radius 1 is 0.792 bits per heavy atom. The van der Waals surface area contributed by atoms with Crippen LogP contribution in [0.5, 0.6) is 0 Å². The zero-order chi connectivity index (χ0) is 17.8. The van der Waals surface area contributed by atoms with Crippen molar-refractivity contribution in [3.8, 4) is 11.3 Å². The van der Waals surface area contributed by atoms with Crippen LogP contribution < -0.4 is 0 Å². The summed E-state index contributed by atoms with van der Waals surface area (Å²) in [6.45, 7) is 0.